The number of fused-ring (bicyclic) bond motifs is 1. The molecule has 0 amide bonds. The molecular formula is C14H17NaO5. The minimum Gasteiger partial charge on any atom is -0.550 e. The van der Waals surface area contributed by atoms with Crippen molar-refractivity contribution in [2.45, 2.75) is 12.8 Å². The first kappa shape index (κ1) is 21.2. The van der Waals surface area contributed by atoms with Gasteiger partial charge in [0.1, 0.15) is 5.75 Å². The molecule has 1 atom stereocenters. The van der Waals surface area contributed by atoms with E-state index in [0.29, 0.717) is 0 Å². The largest absolute Gasteiger partial charge is 1.00 e. The molecule has 0 aliphatic carbocycles. The minimum atomic E-state index is -1.06. The molecule has 0 aliphatic heterocycles. The van der Waals surface area contributed by atoms with Gasteiger partial charge in [0.25, 0.3) is 0 Å². The molecule has 0 aliphatic rings. The molecule has 6 heteroatoms. The van der Waals surface area contributed by atoms with Crippen LogP contribution in [0.25, 0.3) is 10.8 Å². The van der Waals surface area contributed by atoms with E-state index in [1.165, 1.54) is 0 Å². The number of carbonyl (C=O) groups is 1. The summed E-state index contributed by atoms with van der Waals surface area (Å²) in [5.74, 6) is -0.863. The quantitative estimate of drug-likeness (QED) is 0.563. The van der Waals surface area contributed by atoms with E-state index in [-0.39, 0.29) is 40.5 Å². The van der Waals surface area contributed by atoms with E-state index in [1.54, 1.807) is 14.0 Å². The van der Waals surface area contributed by atoms with Gasteiger partial charge in [0.2, 0.25) is 0 Å². The first-order valence-electron chi connectivity index (χ1n) is 5.40. The van der Waals surface area contributed by atoms with Crippen LogP contribution in [0.5, 0.6) is 5.75 Å². The maximum absolute atomic E-state index is 10.8. The van der Waals surface area contributed by atoms with Crippen molar-refractivity contribution in [1.82, 2.24) is 0 Å². The van der Waals surface area contributed by atoms with Crippen LogP contribution in [0.1, 0.15) is 18.4 Å². The van der Waals surface area contributed by atoms with E-state index >= 15 is 0 Å². The van der Waals surface area contributed by atoms with Crippen molar-refractivity contribution in [2.24, 2.45) is 0 Å². The number of benzene rings is 2. The van der Waals surface area contributed by atoms with Gasteiger partial charge in [-0.05, 0) is 28.5 Å². The standard InChI is InChI=1S/C14H14O3.Na.2H2O/c1-9(14(15)16)10-3-4-12-8-13(17-2)6-5-11(12)7-10;;;/h3-9H,1-2H3,(H,15,16);;2*1H2/q;+1;;/p-1. The van der Waals surface area contributed by atoms with E-state index in [1.807, 2.05) is 36.4 Å². The molecule has 0 radical (unpaired) electrons. The molecule has 0 saturated heterocycles. The number of carboxylic acid groups (broad SMARTS) is 1. The zero-order valence-corrected chi connectivity index (χ0v) is 13.8. The van der Waals surface area contributed by atoms with Crippen LogP contribution in [0.4, 0.5) is 0 Å². The molecule has 0 spiro atoms. The fourth-order valence-corrected chi connectivity index (χ4v) is 1.77. The van der Waals surface area contributed by atoms with Gasteiger partial charge in [-0.15, -0.1) is 0 Å². The molecule has 2 aromatic carbocycles. The number of ether oxygens (including phenoxy) is 1. The van der Waals surface area contributed by atoms with Crippen molar-refractivity contribution in [3.63, 3.8) is 0 Å². The molecule has 0 heterocycles. The van der Waals surface area contributed by atoms with Gasteiger partial charge in [0.05, 0.1) is 7.11 Å². The third-order valence-electron chi connectivity index (χ3n) is 2.93. The summed E-state index contributed by atoms with van der Waals surface area (Å²) in [4.78, 5) is 10.8. The second kappa shape index (κ2) is 8.94. The Kier molecular flexibility index (Phi) is 9.48. The number of carboxylic acids is 1. The third kappa shape index (κ3) is 4.47. The molecule has 0 aromatic heterocycles. The molecule has 0 fully saturated rings. The van der Waals surface area contributed by atoms with E-state index in [2.05, 4.69) is 0 Å². The summed E-state index contributed by atoms with van der Waals surface area (Å²) >= 11 is 0. The third-order valence-corrected chi connectivity index (χ3v) is 2.93. The normalized spacial score (nSPS) is 10.5. The molecule has 2 rings (SSSR count). The number of hydrogen-bond donors (Lipinski definition) is 0. The number of hydrogen-bond acceptors (Lipinski definition) is 3. The number of rotatable bonds is 3. The molecule has 2 aromatic rings. The Hall–Kier alpha value is -1.11. The Morgan fingerprint density at radius 3 is 2.20 bits per heavy atom. The Labute approximate surface area is 139 Å². The van der Waals surface area contributed by atoms with Crippen molar-refractivity contribution < 1.29 is 55.1 Å². The zero-order chi connectivity index (χ0) is 12.4. The van der Waals surface area contributed by atoms with E-state index in [9.17, 15) is 9.90 Å². The topological polar surface area (TPSA) is 112 Å². The van der Waals surface area contributed by atoms with Crippen LogP contribution in [0.2, 0.25) is 0 Å². The van der Waals surface area contributed by atoms with Crippen LogP contribution in [0.15, 0.2) is 36.4 Å². The van der Waals surface area contributed by atoms with Gasteiger partial charge in [-0.1, -0.05) is 31.2 Å². The summed E-state index contributed by atoms with van der Waals surface area (Å²) in [6.45, 7) is 1.63. The molecule has 0 saturated carbocycles. The molecule has 104 valence electrons. The second-order valence-corrected chi connectivity index (χ2v) is 4.01. The van der Waals surface area contributed by atoms with Gasteiger partial charge < -0.3 is 25.6 Å². The Morgan fingerprint density at radius 2 is 1.65 bits per heavy atom. The van der Waals surface area contributed by atoms with Crippen molar-refractivity contribution in [2.75, 3.05) is 7.11 Å². The average molecular weight is 288 g/mol. The van der Waals surface area contributed by atoms with E-state index < -0.39 is 11.9 Å². The molecule has 0 bridgehead atoms. The zero-order valence-electron chi connectivity index (χ0n) is 11.8. The minimum absolute atomic E-state index is 0. The Bertz CT molecular complexity index is 570. The summed E-state index contributed by atoms with van der Waals surface area (Å²) in [6, 6.07) is 11.3. The molecule has 5 nitrogen and oxygen atoms in total. The van der Waals surface area contributed by atoms with E-state index in [0.717, 1.165) is 22.1 Å². The summed E-state index contributed by atoms with van der Waals surface area (Å²) < 4.78 is 5.13. The van der Waals surface area contributed by atoms with Crippen LogP contribution in [-0.2, 0) is 4.79 Å². The van der Waals surface area contributed by atoms with Gasteiger partial charge in [-0.25, -0.2) is 0 Å². The summed E-state index contributed by atoms with van der Waals surface area (Å²) in [7, 11) is 1.62. The van der Waals surface area contributed by atoms with Crippen molar-refractivity contribution >= 4 is 16.7 Å². The average Bonchev–Trinajstić information content (AvgIpc) is 2.36. The summed E-state index contributed by atoms with van der Waals surface area (Å²) in [5.41, 5.74) is 0.752. The maximum atomic E-state index is 10.8. The molecule has 4 N–H and O–H groups in total. The van der Waals surface area contributed by atoms with Crippen LogP contribution in [0, 0.1) is 0 Å². The van der Waals surface area contributed by atoms with Gasteiger partial charge in [-0.3, -0.25) is 0 Å². The number of aliphatic carboxylic acids is 1. The van der Waals surface area contributed by atoms with Gasteiger partial charge >= 0.3 is 29.6 Å². The van der Waals surface area contributed by atoms with Crippen molar-refractivity contribution in [1.29, 1.82) is 0 Å². The first-order valence-corrected chi connectivity index (χ1v) is 5.40. The maximum Gasteiger partial charge on any atom is 1.00 e. The fraction of sp³-hybridized carbons (Fsp3) is 0.214. The number of methoxy groups -OCH3 is 1. The van der Waals surface area contributed by atoms with Gasteiger partial charge in [0.15, 0.2) is 0 Å². The van der Waals surface area contributed by atoms with Crippen LogP contribution >= 0.6 is 0 Å². The molecule has 1 unspecified atom stereocenters. The number of carbonyl (C=O) groups excluding carboxylic acids is 1. The first-order chi connectivity index (χ1) is 8.11. The van der Waals surface area contributed by atoms with Gasteiger partial charge in [0, 0.05) is 11.9 Å². The predicted octanol–water partition coefficient (Wildman–Crippen LogP) is -2.94. The molecule has 20 heavy (non-hydrogen) atoms. The van der Waals surface area contributed by atoms with Crippen LogP contribution < -0.4 is 39.4 Å². The SMILES string of the molecule is COc1ccc2cc(C(C)C(=O)[O-])ccc2c1.O.O.[Na+]. The fourth-order valence-electron chi connectivity index (χ4n) is 1.77. The summed E-state index contributed by atoms with van der Waals surface area (Å²) in [5, 5.41) is 12.8. The van der Waals surface area contributed by atoms with E-state index in [4.69, 9.17) is 4.74 Å². The van der Waals surface area contributed by atoms with Crippen molar-refractivity contribution in [3.05, 3.63) is 42.0 Å². The van der Waals surface area contributed by atoms with Crippen LogP contribution in [-0.4, -0.2) is 24.0 Å². The Balaban J connectivity index is 0. The summed E-state index contributed by atoms with van der Waals surface area (Å²) in [6.07, 6.45) is 0. The smallest absolute Gasteiger partial charge is 0.550 e. The predicted molar refractivity (Wildman–Crippen MR) is 71.1 cm³/mol. The monoisotopic (exact) mass is 288 g/mol. The van der Waals surface area contributed by atoms with Crippen molar-refractivity contribution in [3.8, 4) is 5.75 Å². The van der Waals surface area contributed by atoms with Crippen LogP contribution in [0.3, 0.4) is 0 Å². The Morgan fingerprint density at radius 1 is 1.10 bits per heavy atom. The second-order valence-electron chi connectivity index (χ2n) is 4.01. The molecular weight excluding hydrogens is 271 g/mol. The van der Waals surface area contributed by atoms with Gasteiger partial charge in [-0.2, -0.15) is 0 Å².